The molecule has 2 N–H and O–H groups in total. The van der Waals surface area contributed by atoms with Gasteiger partial charge < -0.3 is 15.3 Å². The minimum Gasteiger partial charge on any atom is -0.361 e. The van der Waals surface area contributed by atoms with Gasteiger partial charge in [0.05, 0.1) is 38.8 Å². The molecule has 0 aliphatic heterocycles. The molecule has 9 rings (SSSR count). The third-order valence-corrected chi connectivity index (χ3v) is 10.3. The predicted molar refractivity (Wildman–Crippen MR) is 219 cm³/mol. The highest BCUT2D eigenvalue weighted by Gasteiger charge is 2.20. The fraction of sp³-hybridized carbons (Fsp3) is 0.130. The van der Waals surface area contributed by atoms with E-state index in [-0.39, 0.29) is 0 Å². The summed E-state index contributed by atoms with van der Waals surface area (Å²) in [6.45, 7) is 8.88. The lowest BCUT2D eigenvalue weighted by Crippen LogP contribution is -2.05. The molecule has 0 saturated carbocycles. The van der Waals surface area contributed by atoms with Crippen molar-refractivity contribution in [3.05, 3.63) is 156 Å². The van der Waals surface area contributed by atoms with Crippen LogP contribution in [0.15, 0.2) is 140 Å². The number of fused-ring (bicyclic) bond motifs is 8. The van der Waals surface area contributed by atoms with E-state index in [1.165, 1.54) is 28.1 Å². The molecule has 52 heavy (non-hydrogen) atoms. The lowest BCUT2D eigenvalue weighted by Gasteiger charge is -2.20. The molecule has 6 heteroatoms. The summed E-state index contributed by atoms with van der Waals surface area (Å²) in [5.41, 5.74) is 14.2. The van der Waals surface area contributed by atoms with Crippen molar-refractivity contribution in [2.45, 2.75) is 39.5 Å². The first-order valence-electron chi connectivity index (χ1n) is 18.0. The molecular formula is C46H40N6. The van der Waals surface area contributed by atoms with E-state index in [9.17, 15) is 0 Å². The number of hydrogen-bond donors (Lipinski definition) is 2. The van der Waals surface area contributed by atoms with Gasteiger partial charge in [-0.25, -0.2) is 4.98 Å². The molecule has 0 atom stereocenters. The van der Waals surface area contributed by atoms with E-state index in [4.69, 9.17) is 10.4 Å². The van der Waals surface area contributed by atoms with E-state index in [2.05, 4.69) is 174 Å². The molecule has 0 fully saturated rings. The lowest BCUT2D eigenvalue weighted by molar-refractivity contribution is 0.828. The zero-order valence-corrected chi connectivity index (χ0v) is 29.8. The van der Waals surface area contributed by atoms with Crippen molar-refractivity contribution in [3.63, 3.8) is 0 Å². The van der Waals surface area contributed by atoms with Gasteiger partial charge in [-0.05, 0) is 89.2 Å². The van der Waals surface area contributed by atoms with Gasteiger partial charge in [0.2, 0.25) is 5.78 Å². The number of para-hydroxylation sites is 5. The normalized spacial score (nSPS) is 12.4. The van der Waals surface area contributed by atoms with Gasteiger partial charge in [0.1, 0.15) is 0 Å². The van der Waals surface area contributed by atoms with Crippen molar-refractivity contribution >= 4 is 67.1 Å². The zero-order valence-electron chi connectivity index (χ0n) is 29.8. The Morgan fingerprint density at radius 2 is 1.23 bits per heavy atom. The van der Waals surface area contributed by atoms with E-state index < -0.39 is 0 Å². The predicted octanol–water partition coefficient (Wildman–Crippen LogP) is 11.9. The van der Waals surface area contributed by atoms with Crippen LogP contribution in [0.2, 0.25) is 0 Å². The largest absolute Gasteiger partial charge is 0.361 e. The quantitative estimate of drug-likeness (QED) is 0.157. The van der Waals surface area contributed by atoms with Crippen LogP contribution in [0.25, 0.3) is 66.6 Å². The minimum atomic E-state index is 0.341. The molecule has 3 heterocycles. The number of nitrogens with zero attached hydrogens (tertiary/aromatic N) is 4. The highest BCUT2D eigenvalue weighted by atomic mass is 15.2. The molecule has 0 amide bonds. The Morgan fingerprint density at radius 1 is 0.596 bits per heavy atom. The summed E-state index contributed by atoms with van der Waals surface area (Å²) in [6, 6.07) is 47.3. The molecule has 0 aliphatic carbocycles. The highest BCUT2D eigenvalue weighted by molar-refractivity contribution is 6.11. The second kappa shape index (κ2) is 12.4. The van der Waals surface area contributed by atoms with E-state index in [0.29, 0.717) is 11.8 Å². The average molecular weight is 677 g/mol. The molecule has 0 saturated heterocycles. The van der Waals surface area contributed by atoms with E-state index in [1.807, 2.05) is 12.3 Å². The van der Waals surface area contributed by atoms with Crippen LogP contribution in [-0.2, 0) is 0 Å². The fourth-order valence-corrected chi connectivity index (χ4v) is 7.95. The molecule has 254 valence electrons. The minimum absolute atomic E-state index is 0.341. The second-order valence-corrected chi connectivity index (χ2v) is 14.2. The maximum Gasteiger partial charge on any atom is 0.220 e. The molecule has 0 aliphatic rings. The van der Waals surface area contributed by atoms with Crippen LogP contribution in [0.4, 0.5) is 5.69 Å². The summed E-state index contributed by atoms with van der Waals surface area (Å²) in [6.07, 6.45) is 3.46. The average Bonchev–Trinajstić information content (AvgIpc) is 3.81. The van der Waals surface area contributed by atoms with Crippen molar-refractivity contribution < 1.29 is 0 Å². The number of imidazole rings is 2. The van der Waals surface area contributed by atoms with Gasteiger partial charge in [0.25, 0.3) is 0 Å². The van der Waals surface area contributed by atoms with Crippen molar-refractivity contribution in [2.24, 2.45) is 0 Å². The Labute approximate surface area is 302 Å². The molecule has 6 nitrogen and oxygen atoms in total. The maximum atomic E-state index is 8.44. The summed E-state index contributed by atoms with van der Waals surface area (Å²) >= 11 is 0. The SMILES string of the molecule is CC(C)c1cccc(C(C)C)c1/C(C=N)=C/Nc1cccc(-n2c3ccccc3c3ccc(-n4c5ccccc5n5c6ccccc6nc45)cc32)c1. The first-order valence-corrected chi connectivity index (χ1v) is 18.0. The van der Waals surface area contributed by atoms with Crippen molar-refractivity contribution in [1.82, 2.24) is 18.5 Å². The summed E-state index contributed by atoms with van der Waals surface area (Å²) in [7, 11) is 0. The van der Waals surface area contributed by atoms with Gasteiger partial charge in [-0.2, -0.15) is 0 Å². The molecule has 0 radical (unpaired) electrons. The highest BCUT2D eigenvalue weighted by Crippen LogP contribution is 2.37. The number of anilines is 1. The number of hydrogen-bond acceptors (Lipinski definition) is 3. The Morgan fingerprint density at radius 3 is 1.98 bits per heavy atom. The van der Waals surface area contributed by atoms with Gasteiger partial charge in [-0.1, -0.05) is 100 Å². The molecular weight excluding hydrogens is 637 g/mol. The van der Waals surface area contributed by atoms with Gasteiger partial charge >= 0.3 is 0 Å². The number of benzene rings is 6. The lowest BCUT2D eigenvalue weighted by atomic mass is 9.85. The maximum absolute atomic E-state index is 8.44. The van der Waals surface area contributed by atoms with Crippen LogP contribution < -0.4 is 5.32 Å². The third-order valence-electron chi connectivity index (χ3n) is 10.3. The summed E-state index contributed by atoms with van der Waals surface area (Å²) in [5.74, 6) is 1.58. The van der Waals surface area contributed by atoms with Gasteiger partial charge in [-0.15, -0.1) is 0 Å². The monoisotopic (exact) mass is 676 g/mol. The van der Waals surface area contributed by atoms with Crippen molar-refractivity contribution in [3.8, 4) is 11.4 Å². The zero-order chi connectivity index (χ0) is 35.5. The Kier molecular flexibility index (Phi) is 7.54. The number of aromatic nitrogens is 4. The van der Waals surface area contributed by atoms with Gasteiger partial charge in [0, 0.05) is 40.1 Å². The molecule has 3 aromatic heterocycles. The van der Waals surface area contributed by atoms with Gasteiger partial charge in [-0.3, -0.25) is 8.97 Å². The van der Waals surface area contributed by atoms with E-state index in [0.717, 1.165) is 67.1 Å². The Balaban J connectivity index is 1.20. The summed E-state index contributed by atoms with van der Waals surface area (Å²) in [4.78, 5) is 5.13. The van der Waals surface area contributed by atoms with Crippen LogP contribution in [0.1, 0.15) is 56.2 Å². The van der Waals surface area contributed by atoms with Crippen LogP contribution in [0.3, 0.4) is 0 Å². The first-order chi connectivity index (χ1) is 25.4. The molecule has 0 unspecified atom stereocenters. The van der Waals surface area contributed by atoms with Gasteiger partial charge in [0.15, 0.2) is 0 Å². The molecule has 6 aromatic carbocycles. The second-order valence-electron chi connectivity index (χ2n) is 14.2. The van der Waals surface area contributed by atoms with E-state index >= 15 is 0 Å². The van der Waals surface area contributed by atoms with Crippen LogP contribution in [-0.4, -0.2) is 24.7 Å². The topological polar surface area (TPSA) is 63.0 Å². The Hall–Kier alpha value is -6.40. The third kappa shape index (κ3) is 4.94. The first kappa shape index (κ1) is 31.6. The van der Waals surface area contributed by atoms with E-state index in [1.54, 1.807) is 0 Å². The number of allylic oxidation sites excluding steroid dienone is 1. The summed E-state index contributed by atoms with van der Waals surface area (Å²) < 4.78 is 6.90. The standard InChI is InChI=1S/C46H40N6/c1-29(2)35-16-12-17-36(30(3)4)45(35)31(27-47)28-48-32-13-11-14-33(25-32)50-40-19-7-5-15-37(40)38-24-23-34(26-44(38)50)51-42-21-9-10-22-43(42)52-41-20-8-6-18-39(41)49-46(51)52/h5-30,47-48H,1-4H3/b31-28+,47-27?. The fourth-order valence-electron chi connectivity index (χ4n) is 7.95. The summed E-state index contributed by atoms with van der Waals surface area (Å²) in [5, 5.41) is 14.4. The van der Waals surface area contributed by atoms with Crippen LogP contribution in [0.5, 0.6) is 0 Å². The molecule has 9 aromatic rings. The molecule has 0 bridgehead atoms. The van der Waals surface area contributed by atoms with Crippen molar-refractivity contribution in [1.29, 1.82) is 5.41 Å². The Bertz CT molecular complexity index is 2830. The van der Waals surface area contributed by atoms with Crippen LogP contribution >= 0.6 is 0 Å². The number of rotatable bonds is 8. The smallest absolute Gasteiger partial charge is 0.220 e. The van der Waals surface area contributed by atoms with Crippen LogP contribution in [0, 0.1) is 5.41 Å². The molecule has 0 spiro atoms. The number of nitrogens with one attached hydrogen (secondary N) is 2. The van der Waals surface area contributed by atoms with Crippen molar-refractivity contribution in [2.75, 3.05) is 5.32 Å².